The molecule has 0 spiro atoms. The normalized spacial score (nSPS) is 12.3. The summed E-state index contributed by atoms with van der Waals surface area (Å²) in [6.07, 6.45) is 1.72. The van der Waals surface area contributed by atoms with E-state index in [-0.39, 0.29) is 5.82 Å². The van der Waals surface area contributed by atoms with Crippen molar-refractivity contribution in [3.63, 3.8) is 0 Å². The van der Waals surface area contributed by atoms with Crippen molar-refractivity contribution in [1.82, 2.24) is 5.32 Å². The summed E-state index contributed by atoms with van der Waals surface area (Å²) in [5.41, 5.74) is 2.25. The van der Waals surface area contributed by atoms with E-state index in [9.17, 15) is 4.39 Å². The molecule has 0 aliphatic carbocycles. The molecule has 1 nitrogen and oxygen atoms in total. The summed E-state index contributed by atoms with van der Waals surface area (Å²) in [6, 6.07) is 15.0. The predicted molar refractivity (Wildman–Crippen MR) is 82.7 cm³/mol. The second-order valence-corrected chi connectivity index (χ2v) is 5.36. The Hall–Kier alpha value is -1.38. The van der Waals surface area contributed by atoms with E-state index in [1.54, 1.807) is 12.1 Å². The van der Waals surface area contributed by atoms with Gasteiger partial charge in [-0.1, -0.05) is 42.8 Å². The summed E-state index contributed by atoms with van der Waals surface area (Å²) in [6.45, 7) is 2.98. The Balaban J connectivity index is 2.05. The van der Waals surface area contributed by atoms with Crippen LogP contribution in [-0.2, 0) is 12.8 Å². The minimum Gasteiger partial charge on any atom is -0.314 e. The smallest absolute Gasteiger partial charge is 0.123 e. The van der Waals surface area contributed by atoms with Gasteiger partial charge in [-0.2, -0.15) is 0 Å². The standard InChI is InChI=1S/C17H19ClFN/c1-2-20-17(11-13-6-8-15(18)9-7-13)12-14-4-3-5-16(19)10-14/h3-10,17,20H,2,11-12H2,1H3. The molecule has 2 rings (SSSR count). The van der Waals surface area contributed by atoms with Crippen molar-refractivity contribution in [3.05, 3.63) is 70.5 Å². The summed E-state index contributed by atoms with van der Waals surface area (Å²) in [7, 11) is 0. The molecule has 1 atom stereocenters. The Morgan fingerprint density at radius 1 is 1.05 bits per heavy atom. The highest BCUT2D eigenvalue weighted by Crippen LogP contribution is 2.14. The number of hydrogen-bond donors (Lipinski definition) is 1. The van der Waals surface area contributed by atoms with Gasteiger partial charge in [0.2, 0.25) is 0 Å². The molecule has 2 aromatic rings. The molecule has 0 bridgehead atoms. The van der Waals surface area contributed by atoms with Crippen molar-refractivity contribution >= 4 is 11.6 Å². The van der Waals surface area contributed by atoms with E-state index in [1.807, 2.05) is 30.3 Å². The van der Waals surface area contributed by atoms with Gasteiger partial charge in [0.15, 0.2) is 0 Å². The van der Waals surface area contributed by atoms with Crippen LogP contribution in [0, 0.1) is 5.82 Å². The Morgan fingerprint density at radius 3 is 2.40 bits per heavy atom. The van der Waals surface area contributed by atoms with Gasteiger partial charge in [0.05, 0.1) is 0 Å². The lowest BCUT2D eigenvalue weighted by Crippen LogP contribution is -2.33. The van der Waals surface area contributed by atoms with Crippen LogP contribution in [0.5, 0.6) is 0 Å². The highest BCUT2D eigenvalue weighted by atomic mass is 35.5. The minimum absolute atomic E-state index is 0.177. The van der Waals surface area contributed by atoms with Crippen molar-refractivity contribution < 1.29 is 4.39 Å². The number of likely N-dealkylation sites (N-methyl/N-ethyl adjacent to an activating group) is 1. The van der Waals surface area contributed by atoms with Crippen LogP contribution >= 0.6 is 11.6 Å². The largest absolute Gasteiger partial charge is 0.314 e. The first-order chi connectivity index (χ1) is 9.67. The lowest BCUT2D eigenvalue weighted by molar-refractivity contribution is 0.519. The van der Waals surface area contributed by atoms with Crippen molar-refractivity contribution in [2.24, 2.45) is 0 Å². The number of hydrogen-bond acceptors (Lipinski definition) is 1. The molecule has 0 radical (unpaired) electrons. The molecule has 0 saturated carbocycles. The lowest BCUT2D eigenvalue weighted by Gasteiger charge is -2.18. The summed E-state index contributed by atoms with van der Waals surface area (Å²) < 4.78 is 13.2. The van der Waals surface area contributed by atoms with E-state index in [0.717, 1.165) is 30.0 Å². The quantitative estimate of drug-likeness (QED) is 0.839. The van der Waals surface area contributed by atoms with Crippen LogP contribution in [0.15, 0.2) is 48.5 Å². The van der Waals surface area contributed by atoms with Crippen molar-refractivity contribution in [1.29, 1.82) is 0 Å². The molecular formula is C17H19ClFN. The average molecular weight is 292 g/mol. The topological polar surface area (TPSA) is 12.0 Å². The van der Waals surface area contributed by atoms with Gasteiger partial charge >= 0.3 is 0 Å². The maximum atomic E-state index is 13.2. The molecule has 0 fully saturated rings. The van der Waals surface area contributed by atoms with Crippen molar-refractivity contribution in [2.75, 3.05) is 6.54 Å². The first-order valence-corrected chi connectivity index (χ1v) is 7.27. The van der Waals surface area contributed by atoms with Gasteiger partial charge in [-0.15, -0.1) is 0 Å². The van der Waals surface area contributed by atoms with Crippen LogP contribution in [0.25, 0.3) is 0 Å². The summed E-state index contributed by atoms with van der Waals surface area (Å²) in [5, 5.41) is 4.21. The van der Waals surface area contributed by atoms with Crippen molar-refractivity contribution in [3.8, 4) is 0 Å². The third-order valence-electron chi connectivity index (χ3n) is 3.26. The number of nitrogens with one attached hydrogen (secondary N) is 1. The fourth-order valence-electron chi connectivity index (χ4n) is 2.36. The van der Waals surface area contributed by atoms with Gasteiger partial charge in [0.25, 0.3) is 0 Å². The number of rotatable bonds is 6. The molecule has 0 aliphatic rings. The first kappa shape index (κ1) is 15.0. The second kappa shape index (κ2) is 7.41. The highest BCUT2D eigenvalue weighted by Gasteiger charge is 2.10. The maximum absolute atomic E-state index is 13.2. The molecular weight excluding hydrogens is 273 g/mol. The predicted octanol–water partition coefficient (Wildman–Crippen LogP) is 4.24. The zero-order valence-corrected chi connectivity index (χ0v) is 12.3. The molecule has 1 unspecified atom stereocenters. The lowest BCUT2D eigenvalue weighted by atomic mass is 9.99. The third kappa shape index (κ3) is 4.62. The zero-order valence-electron chi connectivity index (χ0n) is 11.6. The average Bonchev–Trinajstić information content (AvgIpc) is 2.42. The van der Waals surface area contributed by atoms with Gasteiger partial charge in [0.1, 0.15) is 5.82 Å². The summed E-state index contributed by atoms with van der Waals surface area (Å²) in [4.78, 5) is 0. The van der Waals surface area contributed by atoms with Crippen LogP contribution in [-0.4, -0.2) is 12.6 Å². The fraction of sp³-hybridized carbons (Fsp3) is 0.294. The monoisotopic (exact) mass is 291 g/mol. The number of halogens is 2. The summed E-state index contributed by atoms with van der Waals surface area (Å²) >= 11 is 5.90. The molecule has 2 aromatic carbocycles. The Labute approximate surface area is 124 Å². The molecule has 0 saturated heterocycles. The SMILES string of the molecule is CCNC(Cc1ccc(Cl)cc1)Cc1cccc(F)c1. The Kier molecular flexibility index (Phi) is 5.57. The minimum atomic E-state index is -0.177. The van der Waals surface area contributed by atoms with Gasteiger partial charge in [-0.05, 0) is 54.8 Å². The second-order valence-electron chi connectivity index (χ2n) is 4.92. The van der Waals surface area contributed by atoms with E-state index in [4.69, 9.17) is 11.6 Å². The third-order valence-corrected chi connectivity index (χ3v) is 3.51. The molecule has 0 amide bonds. The van der Waals surface area contributed by atoms with E-state index in [0.29, 0.717) is 6.04 Å². The number of benzene rings is 2. The van der Waals surface area contributed by atoms with Gasteiger partial charge in [-0.25, -0.2) is 4.39 Å². The van der Waals surface area contributed by atoms with E-state index in [2.05, 4.69) is 12.2 Å². The van der Waals surface area contributed by atoms with Gasteiger partial charge in [0, 0.05) is 11.1 Å². The Bertz CT molecular complexity index is 539. The molecule has 20 heavy (non-hydrogen) atoms. The van der Waals surface area contributed by atoms with Crippen LogP contribution < -0.4 is 5.32 Å². The summed E-state index contributed by atoms with van der Waals surface area (Å²) in [5.74, 6) is -0.177. The van der Waals surface area contributed by atoms with Crippen LogP contribution in [0.4, 0.5) is 4.39 Å². The molecule has 1 N–H and O–H groups in total. The molecule has 0 aromatic heterocycles. The van der Waals surface area contributed by atoms with Gasteiger partial charge < -0.3 is 5.32 Å². The Morgan fingerprint density at radius 2 is 1.75 bits per heavy atom. The molecule has 3 heteroatoms. The van der Waals surface area contributed by atoms with E-state index >= 15 is 0 Å². The fourth-order valence-corrected chi connectivity index (χ4v) is 2.48. The maximum Gasteiger partial charge on any atom is 0.123 e. The van der Waals surface area contributed by atoms with Crippen LogP contribution in [0.1, 0.15) is 18.1 Å². The first-order valence-electron chi connectivity index (χ1n) is 6.89. The van der Waals surface area contributed by atoms with Gasteiger partial charge in [-0.3, -0.25) is 0 Å². The molecule has 0 heterocycles. The molecule has 106 valence electrons. The van der Waals surface area contributed by atoms with Crippen LogP contribution in [0.2, 0.25) is 5.02 Å². The zero-order chi connectivity index (χ0) is 14.4. The highest BCUT2D eigenvalue weighted by molar-refractivity contribution is 6.30. The van der Waals surface area contributed by atoms with E-state index < -0.39 is 0 Å². The van der Waals surface area contributed by atoms with Crippen molar-refractivity contribution in [2.45, 2.75) is 25.8 Å². The van der Waals surface area contributed by atoms with E-state index in [1.165, 1.54) is 11.6 Å². The molecule has 0 aliphatic heterocycles. The van der Waals surface area contributed by atoms with Crippen LogP contribution in [0.3, 0.4) is 0 Å².